The monoisotopic (exact) mass is 367 g/mol. The van der Waals surface area contributed by atoms with Gasteiger partial charge >= 0.3 is 0 Å². The number of benzene rings is 1. The van der Waals surface area contributed by atoms with E-state index < -0.39 is 0 Å². The average Bonchev–Trinajstić information content (AvgIpc) is 3.04. The van der Waals surface area contributed by atoms with Gasteiger partial charge in [-0.15, -0.1) is 24.8 Å². The van der Waals surface area contributed by atoms with E-state index in [1.165, 1.54) is 0 Å². The van der Waals surface area contributed by atoms with Crippen molar-refractivity contribution in [2.75, 3.05) is 20.1 Å². The van der Waals surface area contributed by atoms with Gasteiger partial charge in [0.15, 0.2) is 0 Å². The summed E-state index contributed by atoms with van der Waals surface area (Å²) < 4.78 is 0. The zero-order chi connectivity index (χ0) is 15.4. The van der Waals surface area contributed by atoms with E-state index in [0.717, 1.165) is 37.1 Å². The number of carbonyl (C=O) groups is 1. The van der Waals surface area contributed by atoms with E-state index in [2.05, 4.69) is 10.3 Å². The number of rotatable bonds is 4. The average molecular weight is 368 g/mol. The Balaban J connectivity index is 0.00000144. The Morgan fingerprint density at radius 2 is 1.96 bits per heavy atom. The maximum absolute atomic E-state index is 12.8. The van der Waals surface area contributed by atoms with Gasteiger partial charge in [-0.2, -0.15) is 0 Å². The molecule has 0 spiro atoms. The standard InChI is InChI=1S/C18H21N3O.2ClH/c1-19-13-17-8-5-9-21(17)18(22)16-10-15(11-20-12-16)14-6-3-2-4-7-14;;/h2-4,6-7,10-12,17,19H,5,8-9,13H2,1H3;2*1H. The normalized spacial score (nSPS) is 16.2. The molecule has 2 aromatic rings. The fraction of sp³-hybridized carbons (Fsp3) is 0.333. The van der Waals surface area contributed by atoms with E-state index in [4.69, 9.17) is 0 Å². The third-order valence-corrected chi connectivity index (χ3v) is 4.17. The SMILES string of the molecule is CNCC1CCCN1C(=O)c1cncc(-c2ccccc2)c1.Cl.Cl. The molecular weight excluding hydrogens is 345 g/mol. The van der Waals surface area contributed by atoms with E-state index in [1.54, 1.807) is 12.4 Å². The Morgan fingerprint density at radius 3 is 2.67 bits per heavy atom. The van der Waals surface area contributed by atoms with Crippen molar-refractivity contribution in [3.05, 3.63) is 54.4 Å². The fourth-order valence-electron chi connectivity index (χ4n) is 3.06. The van der Waals surface area contributed by atoms with Crippen molar-refractivity contribution in [2.45, 2.75) is 18.9 Å². The predicted octanol–water partition coefficient (Wildman–Crippen LogP) is 3.42. The summed E-state index contributed by atoms with van der Waals surface area (Å²) in [6.45, 7) is 1.68. The Labute approximate surface area is 155 Å². The van der Waals surface area contributed by atoms with E-state index >= 15 is 0 Å². The summed E-state index contributed by atoms with van der Waals surface area (Å²) in [6, 6.07) is 12.3. The lowest BCUT2D eigenvalue weighted by atomic mass is 10.1. The number of aromatic nitrogens is 1. The smallest absolute Gasteiger partial charge is 0.255 e. The molecule has 24 heavy (non-hydrogen) atoms. The number of amides is 1. The third-order valence-electron chi connectivity index (χ3n) is 4.17. The number of likely N-dealkylation sites (N-methyl/N-ethyl adjacent to an activating group) is 1. The summed E-state index contributed by atoms with van der Waals surface area (Å²) in [5, 5.41) is 3.17. The van der Waals surface area contributed by atoms with Crippen LogP contribution in [0.1, 0.15) is 23.2 Å². The lowest BCUT2D eigenvalue weighted by molar-refractivity contribution is 0.0736. The van der Waals surface area contributed by atoms with E-state index in [1.807, 2.05) is 48.3 Å². The molecule has 1 N–H and O–H groups in total. The van der Waals surface area contributed by atoms with Gasteiger partial charge in [0.05, 0.1) is 5.56 Å². The summed E-state index contributed by atoms with van der Waals surface area (Å²) in [5.41, 5.74) is 2.73. The molecule has 1 aliphatic heterocycles. The number of carbonyl (C=O) groups excluding carboxylic acids is 1. The molecule has 0 aliphatic carbocycles. The molecule has 1 amide bonds. The molecule has 0 radical (unpaired) electrons. The van der Waals surface area contributed by atoms with Crippen molar-refractivity contribution >= 4 is 30.7 Å². The highest BCUT2D eigenvalue weighted by Gasteiger charge is 2.29. The number of hydrogen-bond donors (Lipinski definition) is 1. The molecule has 1 atom stereocenters. The predicted molar refractivity (Wildman–Crippen MR) is 102 cm³/mol. The maximum Gasteiger partial charge on any atom is 0.255 e. The number of nitrogens with one attached hydrogen (secondary N) is 1. The number of likely N-dealkylation sites (tertiary alicyclic amines) is 1. The quantitative estimate of drug-likeness (QED) is 0.900. The van der Waals surface area contributed by atoms with E-state index in [-0.39, 0.29) is 36.8 Å². The van der Waals surface area contributed by atoms with E-state index in [9.17, 15) is 4.79 Å². The first-order valence-electron chi connectivity index (χ1n) is 7.75. The molecule has 6 heteroatoms. The Kier molecular flexibility index (Phi) is 8.19. The van der Waals surface area contributed by atoms with Crippen LogP contribution in [-0.2, 0) is 0 Å². The number of nitrogens with zero attached hydrogens (tertiary/aromatic N) is 2. The van der Waals surface area contributed by atoms with Gasteiger partial charge in [0, 0.05) is 37.1 Å². The minimum atomic E-state index is 0. The highest BCUT2D eigenvalue weighted by molar-refractivity contribution is 5.95. The molecule has 4 nitrogen and oxygen atoms in total. The van der Waals surface area contributed by atoms with Gasteiger partial charge in [-0.05, 0) is 31.5 Å². The van der Waals surface area contributed by atoms with Crippen LogP contribution in [0.15, 0.2) is 48.8 Å². The highest BCUT2D eigenvalue weighted by Crippen LogP contribution is 2.23. The molecule has 1 aromatic carbocycles. The van der Waals surface area contributed by atoms with Crippen LogP contribution >= 0.6 is 24.8 Å². The summed E-state index contributed by atoms with van der Waals surface area (Å²) in [6.07, 6.45) is 5.62. The Bertz CT molecular complexity index is 652. The maximum atomic E-state index is 12.8. The number of halogens is 2. The second kappa shape index (κ2) is 9.62. The van der Waals surface area contributed by atoms with E-state index in [0.29, 0.717) is 5.56 Å². The fourth-order valence-corrected chi connectivity index (χ4v) is 3.06. The van der Waals surface area contributed by atoms with Crippen LogP contribution < -0.4 is 5.32 Å². The van der Waals surface area contributed by atoms with Crippen LogP contribution in [0, 0.1) is 0 Å². The van der Waals surface area contributed by atoms with Crippen molar-refractivity contribution in [2.24, 2.45) is 0 Å². The minimum Gasteiger partial charge on any atom is -0.334 e. The first-order chi connectivity index (χ1) is 10.8. The first-order valence-corrected chi connectivity index (χ1v) is 7.75. The highest BCUT2D eigenvalue weighted by atomic mass is 35.5. The zero-order valence-corrected chi connectivity index (χ0v) is 15.3. The van der Waals surface area contributed by atoms with Crippen molar-refractivity contribution in [1.29, 1.82) is 0 Å². The van der Waals surface area contributed by atoms with Crippen LogP contribution in [0.3, 0.4) is 0 Å². The van der Waals surface area contributed by atoms with Gasteiger partial charge < -0.3 is 10.2 Å². The number of hydrogen-bond acceptors (Lipinski definition) is 3. The second-order valence-electron chi connectivity index (χ2n) is 5.68. The molecule has 0 bridgehead atoms. The third kappa shape index (κ3) is 4.47. The topological polar surface area (TPSA) is 45.2 Å². The zero-order valence-electron chi connectivity index (χ0n) is 13.6. The Morgan fingerprint density at radius 1 is 1.21 bits per heavy atom. The van der Waals surface area contributed by atoms with Crippen LogP contribution in [0.5, 0.6) is 0 Å². The summed E-state index contributed by atoms with van der Waals surface area (Å²) in [7, 11) is 1.93. The van der Waals surface area contributed by atoms with Crippen molar-refractivity contribution < 1.29 is 4.79 Å². The molecule has 1 saturated heterocycles. The van der Waals surface area contributed by atoms with Crippen LogP contribution in [-0.4, -0.2) is 42.0 Å². The van der Waals surface area contributed by atoms with Gasteiger partial charge in [-0.25, -0.2) is 0 Å². The lowest BCUT2D eigenvalue weighted by Gasteiger charge is -2.24. The van der Waals surface area contributed by atoms with Gasteiger partial charge in [0.1, 0.15) is 0 Å². The van der Waals surface area contributed by atoms with Crippen molar-refractivity contribution in [1.82, 2.24) is 15.2 Å². The number of pyridine rings is 1. The molecule has 1 fully saturated rings. The molecule has 1 aromatic heterocycles. The molecule has 0 saturated carbocycles. The lowest BCUT2D eigenvalue weighted by Crippen LogP contribution is -2.40. The Hall–Kier alpha value is -1.62. The molecule has 1 aliphatic rings. The summed E-state index contributed by atoms with van der Waals surface area (Å²) in [4.78, 5) is 19.0. The molecule has 3 rings (SSSR count). The summed E-state index contributed by atoms with van der Waals surface area (Å²) >= 11 is 0. The van der Waals surface area contributed by atoms with Gasteiger partial charge in [0.25, 0.3) is 5.91 Å². The molecule has 130 valence electrons. The molecule has 1 unspecified atom stereocenters. The molecule has 2 heterocycles. The molecular formula is C18H23Cl2N3O. The van der Waals surface area contributed by atoms with Crippen LogP contribution in [0.4, 0.5) is 0 Å². The second-order valence-corrected chi connectivity index (χ2v) is 5.68. The van der Waals surface area contributed by atoms with Crippen LogP contribution in [0.25, 0.3) is 11.1 Å². The minimum absolute atomic E-state index is 0. The summed E-state index contributed by atoms with van der Waals surface area (Å²) in [5.74, 6) is 0.0861. The van der Waals surface area contributed by atoms with Gasteiger partial charge in [0.2, 0.25) is 0 Å². The first kappa shape index (κ1) is 20.4. The van der Waals surface area contributed by atoms with Crippen molar-refractivity contribution in [3.8, 4) is 11.1 Å². The van der Waals surface area contributed by atoms with Gasteiger partial charge in [-0.1, -0.05) is 30.3 Å². The largest absolute Gasteiger partial charge is 0.334 e. The van der Waals surface area contributed by atoms with Crippen molar-refractivity contribution in [3.63, 3.8) is 0 Å². The van der Waals surface area contributed by atoms with Crippen LogP contribution in [0.2, 0.25) is 0 Å². The van der Waals surface area contributed by atoms with Gasteiger partial charge in [-0.3, -0.25) is 9.78 Å².